The first-order valence-corrected chi connectivity index (χ1v) is 6.91. The summed E-state index contributed by atoms with van der Waals surface area (Å²) in [5.41, 5.74) is 3.57. The van der Waals surface area contributed by atoms with Crippen molar-refractivity contribution in [3.8, 4) is 11.1 Å². The van der Waals surface area contributed by atoms with Gasteiger partial charge in [-0.2, -0.15) is 5.10 Å². The molecule has 3 rings (SSSR count). The summed E-state index contributed by atoms with van der Waals surface area (Å²) in [6.07, 6.45) is 5.03. The highest BCUT2D eigenvalue weighted by atomic mass is 127. The Kier molecular flexibility index (Phi) is 5.60. The first-order chi connectivity index (χ1) is 9.81. The lowest BCUT2D eigenvalue weighted by molar-refractivity contribution is 0.702. The van der Waals surface area contributed by atoms with Gasteiger partial charge in [-0.25, -0.2) is 0 Å². The number of nitrogens with zero attached hydrogens (tertiary/aromatic N) is 3. The van der Waals surface area contributed by atoms with Gasteiger partial charge in [0.2, 0.25) is 0 Å². The van der Waals surface area contributed by atoms with Crippen molar-refractivity contribution in [3.05, 3.63) is 42.2 Å². The molecule has 6 heteroatoms. The molecular formula is C15H20IN5. The smallest absolute Gasteiger partial charge is 0.191 e. The molecule has 1 aromatic heterocycles. The summed E-state index contributed by atoms with van der Waals surface area (Å²) in [5, 5.41) is 10.8. The standard InChI is InChI=1S/C15H19N5.HI/c1-20-11-14(10-19-20)13-5-2-4-12(8-13)9-18-15-16-6-3-7-17-15;/h2,4-5,8,10-11H,3,6-7,9H2,1H3,(H2,16,17,18);1H. The SMILES string of the molecule is Cn1cc(-c2cccc(CNC3=NCCCN3)c2)cn1.I. The number of hydrogen-bond donors (Lipinski definition) is 2. The van der Waals surface area contributed by atoms with E-state index in [1.54, 1.807) is 0 Å². The highest BCUT2D eigenvalue weighted by molar-refractivity contribution is 14.0. The molecule has 0 amide bonds. The van der Waals surface area contributed by atoms with Crippen molar-refractivity contribution in [3.63, 3.8) is 0 Å². The van der Waals surface area contributed by atoms with Gasteiger partial charge in [-0.05, 0) is 23.6 Å². The van der Waals surface area contributed by atoms with Gasteiger partial charge in [0, 0.05) is 38.4 Å². The van der Waals surface area contributed by atoms with E-state index in [4.69, 9.17) is 0 Å². The first kappa shape index (κ1) is 15.8. The van der Waals surface area contributed by atoms with Crippen LogP contribution in [0.4, 0.5) is 0 Å². The van der Waals surface area contributed by atoms with Crippen LogP contribution in [-0.4, -0.2) is 28.8 Å². The minimum Gasteiger partial charge on any atom is -0.356 e. The van der Waals surface area contributed by atoms with Crippen molar-refractivity contribution in [2.24, 2.45) is 12.0 Å². The summed E-state index contributed by atoms with van der Waals surface area (Å²) in [4.78, 5) is 4.41. The first-order valence-electron chi connectivity index (χ1n) is 6.91. The number of nitrogens with one attached hydrogen (secondary N) is 2. The zero-order valence-electron chi connectivity index (χ0n) is 12.0. The summed E-state index contributed by atoms with van der Waals surface area (Å²) in [7, 11) is 1.93. The lowest BCUT2D eigenvalue weighted by Gasteiger charge is -2.16. The third-order valence-electron chi connectivity index (χ3n) is 3.32. The second-order valence-electron chi connectivity index (χ2n) is 4.97. The van der Waals surface area contributed by atoms with Gasteiger partial charge in [0.1, 0.15) is 0 Å². The van der Waals surface area contributed by atoms with E-state index >= 15 is 0 Å². The number of aryl methyl sites for hydroxylation is 1. The number of aromatic nitrogens is 2. The van der Waals surface area contributed by atoms with Crippen LogP contribution in [0.5, 0.6) is 0 Å². The average Bonchev–Trinajstić information content (AvgIpc) is 2.93. The van der Waals surface area contributed by atoms with Crippen molar-refractivity contribution in [2.45, 2.75) is 13.0 Å². The predicted molar refractivity (Wildman–Crippen MR) is 95.8 cm³/mol. The van der Waals surface area contributed by atoms with Crippen molar-refractivity contribution >= 4 is 29.9 Å². The molecule has 0 bridgehead atoms. The van der Waals surface area contributed by atoms with Crippen molar-refractivity contribution < 1.29 is 0 Å². The Morgan fingerprint density at radius 2 is 2.24 bits per heavy atom. The van der Waals surface area contributed by atoms with Crippen LogP contribution in [0.15, 0.2) is 41.7 Å². The number of benzene rings is 1. The van der Waals surface area contributed by atoms with Crippen LogP contribution in [0.1, 0.15) is 12.0 Å². The molecule has 1 aliphatic rings. The summed E-state index contributed by atoms with van der Waals surface area (Å²) >= 11 is 0. The topological polar surface area (TPSA) is 54.2 Å². The Labute approximate surface area is 141 Å². The van der Waals surface area contributed by atoms with Crippen molar-refractivity contribution in [1.29, 1.82) is 0 Å². The molecule has 112 valence electrons. The molecule has 0 saturated heterocycles. The third kappa shape index (κ3) is 4.20. The number of hydrogen-bond acceptors (Lipinski definition) is 4. The molecule has 1 aromatic carbocycles. The maximum absolute atomic E-state index is 4.41. The monoisotopic (exact) mass is 397 g/mol. The molecule has 21 heavy (non-hydrogen) atoms. The normalized spacial score (nSPS) is 13.9. The number of guanidine groups is 1. The highest BCUT2D eigenvalue weighted by Gasteiger charge is 2.04. The largest absolute Gasteiger partial charge is 0.356 e. The van der Waals surface area contributed by atoms with E-state index in [0.29, 0.717) is 0 Å². The van der Waals surface area contributed by atoms with E-state index in [2.05, 4.69) is 45.0 Å². The van der Waals surface area contributed by atoms with E-state index in [0.717, 1.165) is 37.6 Å². The van der Waals surface area contributed by atoms with Gasteiger partial charge >= 0.3 is 0 Å². The van der Waals surface area contributed by atoms with E-state index in [9.17, 15) is 0 Å². The van der Waals surface area contributed by atoms with Gasteiger partial charge in [-0.15, -0.1) is 24.0 Å². The molecule has 0 atom stereocenters. The van der Waals surface area contributed by atoms with Crippen LogP contribution >= 0.6 is 24.0 Å². The maximum Gasteiger partial charge on any atom is 0.191 e. The Morgan fingerprint density at radius 3 is 2.95 bits per heavy atom. The van der Waals surface area contributed by atoms with E-state index in [1.807, 2.05) is 24.1 Å². The molecule has 5 nitrogen and oxygen atoms in total. The van der Waals surface area contributed by atoms with Gasteiger partial charge in [-0.1, -0.05) is 18.2 Å². The zero-order valence-corrected chi connectivity index (χ0v) is 14.4. The Hall–Kier alpha value is -1.57. The van der Waals surface area contributed by atoms with Crippen LogP contribution in [0.25, 0.3) is 11.1 Å². The van der Waals surface area contributed by atoms with Crippen LogP contribution < -0.4 is 10.6 Å². The molecule has 1 aliphatic heterocycles. The lowest BCUT2D eigenvalue weighted by atomic mass is 10.1. The molecule has 2 heterocycles. The molecule has 0 radical (unpaired) electrons. The molecule has 0 fully saturated rings. The summed E-state index contributed by atoms with van der Waals surface area (Å²) < 4.78 is 1.82. The minimum absolute atomic E-state index is 0. The predicted octanol–water partition coefficient (Wildman–Crippen LogP) is 2.14. The highest BCUT2D eigenvalue weighted by Crippen LogP contribution is 2.19. The van der Waals surface area contributed by atoms with Gasteiger partial charge in [0.05, 0.1) is 6.20 Å². The van der Waals surface area contributed by atoms with Crippen LogP contribution in [0, 0.1) is 0 Å². The fraction of sp³-hybridized carbons (Fsp3) is 0.333. The molecule has 2 N–H and O–H groups in total. The summed E-state index contributed by atoms with van der Waals surface area (Å²) in [6, 6.07) is 8.50. The molecule has 0 spiro atoms. The molecule has 0 saturated carbocycles. The van der Waals surface area contributed by atoms with Crippen LogP contribution in [0.2, 0.25) is 0 Å². The summed E-state index contributed by atoms with van der Waals surface area (Å²) in [5.74, 6) is 0.906. The number of rotatable bonds is 3. The minimum atomic E-state index is 0. The number of halogens is 1. The van der Waals surface area contributed by atoms with Gasteiger partial charge < -0.3 is 10.6 Å². The molecular weight excluding hydrogens is 377 g/mol. The van der Waals surface area contributed by atoms with Crippen LogP contribution in [-0.2, 0) is 13.6 Å². The lowest BCUT2D eigenvalue weighted by Crippen LogP contribution is -2.40. The summed E-state index contributed by atoms with van der Waals surface area (Å²) in [6.45, 7) is 2.69. The Bertz CT molecular complexity index is 620. The van der Waals surface area contributed by atoms with Crippen molar-refractivity contribution in [2.75, 3.05) is 13.1 Å². The van der Waals surface area contributed by atoms with Gasteiger partial charge in [0.15, 0.2) is 5.96 Å². The molecule has 2 aromatic rings. The third-order valence-corrected chi connectivity index (χ3v) is 3.32. The quantitative estimate of drug-likeness (QED) is 0.781. The molecule has 0 aliphatic carbocycles. The Balaban J connectivity index is 0.00000161. The van der Waals surface area contributed by atoms with Gasteiger partial charge in [0.25, 0.3) is 0 Å². The molecule has 0 unspecified atom stereocenters. The van der Waals surface area contributed by atoms with Gasteiger partial charge in [-0.3, -0.25) is 9.67 Å². The van der Waals surface area contributed by atoms with E-state index < -0.39 is 0 Å². The second-order valence-corrected chi connectivity index (χ2v) is 4.97. The number of aliphatic imine (C=N–C) groups is 1. The van der Waals surface area contributed by atoms with Crippen LogP contribution in [0.3, 0.4) is 0 Å². The fourth-order valence-corrected chi connectivity index (χ4v) is 2.27. The van der Waals surface area contributed by atoms with Crippen molar-refractivity contribution in [1.82, 2.24) is 20.4 Å². The second kappa shape index (κ2) is 7.44. The maximum atomic E-state index is 4.41. The average molecular weight is 397 g/mol. The van der Waals surface area contributed by atoms with E-state index in [1.165, 1.54) is 11.1 Å². The zero-order chi connectivity index (χ0) is 13.8. The Morgan fingerprint density at radius 1 is 1.33 bits per heavy atom. The fourth-order valence-electron chi connectivity index (χ4n) is 2.27. The van der Waals surface area contributed by atoms with E-state index in [-0.39, 0.29) is 24.0 Å².